The third kappa shape index (κ3) is 4.75. The lowest BCUT2D eigenvalue weighted by Crippen LogP contribution is -2.46. The van der Waals surface area contributed by atoms with Crippen molar-refractivity contribution in [3.63, 3.8) is 0 Å². The lowest BCUT2D eigenvalue weighted by molar-refractivity contribution is 0.126. The molecule has 2 saturated heterocycles. The monoisotopic (exact) mass is 348 g/mol. The molecule has 2 aliphatic rings. The molecule has 2 fully saturated rings. The number of nitrogens with one attached hydrogen (secondary N) is 1. The second kappa shape index (κ2) is 8.21. The van der Waals surface area contributed by atoms with Crippen LogP contribution in [0.25, 0.3) is 0 Å². The molecule has 6 nitrogen and oxygen atoms in total. The molecule has 2 aliphatic heterocycles. The van der Waals surface area contributed by atoms with Gasteiger partial charge in [-0.1, -0.05) is 12.1 Å². The summed E-state index contributed by atoms with van der Waals surface area (Å²) < 4.78 is 5.15. The Hall–Kier alpha value is -1.56. The summed E-state index contributed by atoms with van der Waals surface area (Å²) >= 11 is 0. The number of piperidine rings is 2. The van der Waals surface area contributed by atoms with Crippen LogP contribution in [0.5, 0.6) is 0 Å². The highest BCUT2D eigenvalue weighted by Gasteiger charge is 2.25. The van der Waals surface area contributed by atoms with Crippen molar-refractivity contribution in [2.45, 2.75) is 53.0 Å². The SMILES string of the molecule is Cc1noc(C)c1CNC(=O)N1CCC(CN2CCC(C)CC2)CC1. The summed E-state index contributed by atoms with van der Waals surface area (Å²) in [5.74, 6) is 2.41. The van der Waals surface area contributed by atoms with Crippen LogP contribution in [0, 0.1) is 25.7 Å². The van der Waals surface area contributed by atoms with Gasteiger partial charge in [0.05, 0.1) is 5.69 Å². The van der Waals surface area contributed by atoms with E-state index in [9.17, 15) is 4.79 Å². The zero-order valence-electron chi connectivity index (χ0n) is 15.9. The molecule has 0 aliphatic carbocycles. The highest BCUT2D eigenvalue weighted by atomic mass is 16.5. The fourth-order valence-electron chi connectivity index (χ4n) is 3.96. The maximum absolute atomic E-state index is 12.4. The van der Waals surface area contributed by atoms with Gasteiger partial charge in [0.25, 0.3) is 0 Å². The summed E-state index contributed by atoms with van der Waals surface area (Å²) in [5.41, 5.74) is 1.84. The highest BCUT2D eigenvalue weighted by molar-refractivity contribution is 5.74. The minimum atomic E-state index is 0.0326. The second-order valence-electron chi connectivity index (χ2n) is 7.87. The number of aromatic nitrogens is 1. The van der Waals surface area contributed by atoms with E-state index in [1.54, 1.807) is 0 Å². The van der Waals surface area contributed by atoms with Crippen molar-refractivity contribution >= 4 is 6.03 Å². The van der Waals surface area contributed by atoms with E-state index in [1.807, 2.05) is 18.7 Å². The van der Waals surface area contributed by atoms with Gasteiger partial charge < -0.3 is 19.6 Å². The summed E-state index contributed by atoms with van der Waals surface area (Å²) in [6.07, 6.45) is 4.90. The van der Waals surface area contributed by atoms with Crippen LogP contribution in [0.15, 0.2) is 4.52 Å². The molecular formula is C19H32N4O2. The molecule has 0 atom stereocenters. The Morgan fingerprint density at radius 1 is 1.16 bits per heavy atom. The fraction of sp³-hybridized carbons (Fsp3) is 0.789. The van der Waals surface area contributed by atoms with Crippen LogP contribution in [0.1, 0.15) is 49.6 Å². The summed E-state index contributed by atoms with van der Waals surface area (Å²) in [7, 11) is 0. The minimum Gasteiger partial charge on any atom is -0.361 e. The van der Waals surface area contributed by atoms with E-state index in [0.717, 1.165) is 54.8 Å². The van der Waals surface area contributed by atoms with Crippen LogP contribution >= 0.6 is 0 Å². The van der Waals surface area contributed by atoms with E-state index in [0.29, 0.717) is 6.54 Å². The number of carbonyl (C=O) groups is 1. The maximum atomic E-state index is 12.4. The molecule has 0 spiro atoms. The van der Waals surface area contributed by atoms with Crippen molar-refractivity contribution in [2.24, 2.45) is 11.8 Å². The van der Waals surface area contributed by atoms with Crippen molar-refractivity contribution < 1.29 is 9.32 Å². The normalized spacial score (nSPS) is 20.8. The molecule has 3 heterocycles. The van der Waals surface area contributed by atoms with Crippen LogP contribution in [0.3, 0.4) is 0 Å². The van der Waals surface area contributed by atoms with Gasteiger partial charge in [0.15, 0.2) is 0 Å². The quantitative estimate of drug-likeness (QED) is 0.909. The molecule has 0 bridgehead atoms. The fourth-order valence-corrected chi connectivity index (χ4v) is 3.96. The van der Waals surface area contributed by atoms with Gasteiger partial charge in [0.1, 0.15) is 5.76 Å². The number of hydrogen-bond acceptors (Lipinski definition) is 4. The van der Waals surface area contributed by atoms with Gasteiger partial charge in [-0.25, -0.2) is 4.79 Å². The zero-order valence-corrected chi connectivity index (χ0v) is 15.9. The Labute approximate surface area is 150 Å². The molecule has 2 amide bonds. The predicted octanol–water partition coefficient (Wildman–Crippen LogP) is 2.94. The average molecular weight is 348 g/mol. The number of carbonyl (C=O) groups excluding carboxylic acids is 1. The molecule has 140 valence electrons. The molecule has 1 N–H and O–H groups in total. The minimum absolute atomic E-state index is 0.0326. The first kappa shape index (κ1) is 18.2. The number of urea groups is 1. The van der Waals surface area contributed by atoms with E-state index in [1.165, 1.54) is 32.5 Å². The van der Waals surface area contributed by atoms with E-state index in [2.05, 4.69) is 22.3 Å². The van der Waals surface area contributed by atoms with Crippen molar-refractivity contribution in [1.29, 1.82) is 0 Å². The Bertz CT molecular complexity index is 550. The maximum Gasteiger partial charge on any atom is 0.317 e. The van der Waals surface area contributed by atoms with E-state index < -0.39 is 0 Å². The van der Waals surface area contributed by atoms with Crippen LogP contribution in [-0.4, -0.2) is 53.7 Å². The lowest BCUT2D eigenvalue weighted by atomic mass is 9.93. The van der Waals surface area contributed by atoms with Crippen molar-refractivity contribution in [3.05, 3.63) is 17.0 Å². The Balaban J connectivity index is 1.39. The predicted molar refractivity (Wildman–Crippen MR) is 97.3 cm³/mol. The average Bonchev–Trinajstić information content (AvgIpc) is 2.93. The first-order chi connectivity index (χ1) is 12.0. The van der Waals surface area contributed by atoms with Gasteiger partial charge in [-0.2, -0.15) is 0 Å². The molecule has 6 heteroatoms. The number of nitrogens with zero attached hydrogens (tertiary/aromatic N) is 3. The Morgan fingerprint density at radius 2 is 1.84 bits per heavy atom. The standard InChI is InChI=1S/C19H32N4O2/c1-14-4-8-22(9-5-14)13-17-6-10-23(11-7-17)19(24)20-12-18-15(2)21-25-16(18)3/h14,17H,4-13H2,1-3H3,(H,20,24). The van der Waals surface area contributed by atoms with Crippen molar-refractivity contribution in [1.82, 2.24) is 20.3 Å². The number of rotatable bonds is 4. The lowest BCUT2D eigenvalue weighted by Gasteiger charge is -2.37. The Morgan fingerprint density at radius 3 is 2.44 bits per heavy atom. The Kier molecular flexibility index (Phi) is 5.99. The summed E-state index contributed by atoms with van der Waals surface area (Å²) in [5, 5.41) is 6.95. The molecule has 1 aromatic rings. The number of likely N-dealkylation sites (tertiary alicyclic amines) is 2. The first-order valence-corrected chi connectivity index (χ1v) is 9.69. The van der Waals surface area contributed by atoms with Gasteiger partial charge in [-0.3, -0.25) is 0 Å². The van der Waals surface area contributed by atoms with Crippen molar-refractivity contribution in [2.75, 3.05) is 32.7 Å². The molecule has 0 saturated carbocycles. The number of hydrogen-bond donors (Lipinski definition) is 1. The number of amides is 2. The largest absolute Gasteiger partial charge is 0.361 e. The molecule has 0 aromatic carbocycles. The van der Waals surface area contributed by atoms with E-state index >= 15 is 0 Å². The summed E-state index contributed by atoms with van der Waals surface area (Å²) in [6, 6.07) is 0.0326. The van der Waals surface area contributed by atoms with Crippen molar-refractivity contribution in [3.8, 4) is 0 Å². The van der Waals surface area contributed by atoms with Gasteiger partial charge >= 0.3 is 6.03 Å². The van der Waals surface area contributed by atoms with Gasteiger partial charge in [0, 0.05) is 31.7 Å². The molecule has 3 rings (SSSR count). The summed E-state index contributed by atoms with van der Waals surface area (Å²) in [6.45, 7) is 12.1. The van der Waals surface area contributed by atoms with E-state index in [4.69, 9.17) is 4.52 Å². The highest BCUT2D eigenvalue weighted by Crippen LogP contribution is 2.22. The zero-order chi connectivity index (χ0) is 17.8. The smallest absolute Gasteiger partial charge is 0.317 e. The second-order valence-corrected chi connectivity index (χ2v) is 7.87. The van der Waals surface area contributed by atoms with Crippen LogP contribution in [-0.2, 0) is 6.54 Å². The molecule has 0 radical (unpaired) electrons. The molecule has 1 aromatic heterocycles. The molecular weight excluding hydrogens is 316 g/mol. The summed E-state index contributed by atoms with van der Waals surface area (Å²) in [4.78, 5) is 17.0. The van der Waals surface area contributed by atoms with Gasteiger partial charge in [0.2, 0.25) is 0 Å². The van der Waals surface area contributed by atoms with Gasteiger partial charge in [-0.15, -0.1) is 0 Å². The van der Waals surface area contributed by atoms with Crippen LogP contribution in [0.4, 0.5) is 4.79 Å². The first-order valence-electron chi connectivity index (χ1n) is 9.69. The third-order valence-corrected chi connectivity index (χ3v) is 5.89. The number of aryl methyl sites for hydroxylation is 2. The van der Waals surface area contributed by atoms with Crippen LogP contribution < -0.4 is 5.32 Å². The van der Waals surface area contributed by atoms with Crippen LogP contribution in [0.2, 0.25) is 0 Å². The molecule has 0 unspecified atom stereocenters. The van der Waals surface area contributed by atoms with E-state index in [-0.39, 0.29) is 6.03 Å². The topological polar surface area (TPSA) is 61.6 Å². The molecule has 25 heavy (non-hydrogen) atoms. The van der Waals surface area contributed by atoms with Gasteiger partial charge in [-0.05, 0) is 64.5 Å². The third-order valence-electron chi connectivity index (χ3n) is 5.89.